The molecule has 1 N–H and O–H groups in total. The van der Waals surface area contributed by atoms with E-state index in [0.29, 0.717) is 12.2 Å². The molecular formula is C44H29F3I2N8O2. The summed E-state index contributed by atoms with van der Waals surface area (Å²) in [6.07, 6.45) is 0. The molecule has 0 fully saturated rings. The van der Waals surface area contributed by atoms with E-state index in [1.165, 1.54) is 42.5 Å². The average molecular weight is 1010 g/mol. The van der Waals surface area contributed by atoms with E-state index in [4.69, 9.17) is 0 Å². The van der Waals surface area contributed by atoms with Crippen molar-refractivity contribution in [3.8, 4) is 34.0 Å². The van der Waals surface area contributed by atoms with Gasteiger partial charge in [0.1, 0.15) is 34.5 Å². The van der Waals surface area contributed by atoms with Crippen LogP contribution in [0.25, 0.3) is 44.9 Å². The number of azo groups is 1. The molecule has 0 amide bonds. The first-order valence-electron chi connectivity index (χ1n) is 18.0. The van der Waals surface area contributed by atoms with Gasteiger partial charge >= 0.3 is 5.56 Å². The second-order valence-electron chi connectivity index (χ2n) is 13.1. The van der Waals surface area contributed by atoms with Crippen LogP contribution in [0.2, 0.25) is 0 Å². The number of aromatic amines is 1. The Kier molecular flexibility index (Phi) is 11.6. The Morgan fingerprint density at radius 3 is 1.83 bits per heavy atom. The molecule has 9 rings (SSSR count). The Morgan fingerprint density at radius 2 is 1.17 bits per heavy atom. The zero-order chi connectivity index (χ0) is 41.0. The maximum absolute atomic E-state index is 14.4. The number of aromatic nitrogens is 6. The van der Waals surface area contributed by atoms with Crippen LogP contribution in [0.5, 0.6) is 0 Å². The van der Waals surface area contributed by atoms with E-state index in [-0.39, 0.29) is 40.6 Å². The molecule has 3 heterocycles. The van der Waals surface area contributed by atoms with Gasteiger partial charge in [-0.15, -0.1) is 5.11 Å². The van der Waals surface area contributed by atoms with Crippen LogP contribution in [-0.2, 0) is 13.1 Å². The van der Waals surface area contributed by atoms with Gasteiger partial charge < -0.3 is 0 Å². The van der Waals surface area contributed by atoms with Gasteiger partial charge in [0.15, 0.2) is 11.4 Å². The SMILES string of the molecule is O=c1c(N=NCc2ccc(I)cc2)c(-c2ccccc2F)[nH]n1-c1ccccc1F.O=c1c2nn(Cc3ccc(I)cc3)c3ccccc3c-2nn1-c1ccccc1F. The minimum absolute atomic E-state index is 0.0131. The summed E-state index contributed by atoms with van der Waals surface area (Å²) in [4.78, 5) is 26.0. The Hall–Kier alpha value is -6.21. The maximum atomic E-state index is 14.4. The first-order valence-corrected chi connectivity index (χ1v) is 20.2. The number of fused-ring (bicyclic) bond motifs is 3. The van der Waals surface area contributed by atoms with Crippen LogP contribution in [0.1, 0.15) is 11.1 Å². The monoisotopic (exact) mass is 1010 g/mol. The first-order chi connectivity index (χ1) is 28.7. The zero-order valence-corrected chi connectivity index (χ0v) is 34.9. The molecule has 0 spiro atoms. The number of hydrogen-bond acceptors (Lipinski definition) is 6. The molecule has 2 aliphatic heterocycles. The number of rotatable bonds is 8. The molecule has 2 aliphatic rings. The molecular weight excluding hydrogens is 983 g/mol. The molecule has 7 aromatic rings. The van der Waals surface area contributed by atoms with Crippen LogP contribution < -0.4 is 11.1 Å². The fourth-order valence-electron chi connectivity index (χ4n) is 6.36. The Bertz CT molecular complexity index is 3070. The van der Waals surface area contributed by atoms with E-state index >= 15 is 0 Å². The largest absolute Gasteiger partial charge is 0.301 e. The summed E-state index contributed by atoms with van der Waals surface area (Å²) in [6.45, 7) is 0.760. The van der Waals surface area contributed by atoms with Gasteiger partial charge in [-0.1, -0.05) is 78.9 Å². The van der Waals surface area contributed by atoms with Gasteiger partial charge in [0.05, 0.1) is 24.3 Å². The number of para-hydroxylation sites is 3. The molecule has 0 aliphatic carbocycles. The van der Waals surface area contributed by atoms with E-state index in [1.54, 1.807) is 35.0 Å². The third kappa shape index (κ3) is 8.38. The molecule has 0 saturated heterocycles. The normalized spacial score (nSPS) is 11.3. The van der Waals surface area contributed by atoms with E-state index < -0.39 is 28.6 Å². The number of hydrogen-bond donors (Lipinski definition) is 1. The standard InChI is InChI=1S/C22H15F2IN4O.C22H14FIN4O/c23-17-6-2-1-5-16(17)20-21(27-26-13-14-9-11-15(25)12-10-14)22(30)29(28-20)19-8-4-3-7-18(19)24;23-17-6-2-4-8-19(17)28-22(29)21-20(26-28)16-5-1-3-7-18(16)27(25-21)13-14-9-11-15(24)12-10-14/h1-12,28H,13H2;1-12H,13H2. The molecule has 292 valence electrons. The van der Waals surface area contributed by atoms with Crippen molar-refractivity contribution >= 4 is 61.8 Å². The van der Waals surface area contributed by atoms with Gasteiger partial charge in [-0.25, -0.2) is 17.9 Å². The third-order valence-electron chi connectivity index (χ3n) is 9.24. The second-order valence-corrected chi connectivity index (χ2v) is 15.6. The summed E-state index contributed by atoms with van der Waals surface area (Å²) in [5.74, 6) is -1.63. The maximum Gasteiger partial charge on any atom is 0.301 e. The summed E-state index contributed by atoms with van der Waals surface area (Å²) in [6, 6.07) is 41.4. The van der Waals surface area contributed by atoms with E-state index in [0.717, 1.165) is 38.5 Å². The molecule has 0 bridgehead atoms. The lowest BCUT2D eigenvalue weighted by atomic mass is 10.1. The quantitative estimate of drug-likeness (QED) is 0.121. The fourth-order valence-corrected chi connectivity index (χ4v) is 7.08. The molecule has 6 aromatic carbocycles. The first kappa shape index (κ1) is 39.6. The summed E-state index contributed by atoms with van der Waals surface area (Å²) in [5, 5.41) is 20.8. The van der Waals surface area contributed by atoms with Crippen LogP contribution in [0.15, 0.2) is 165 Å². The zero-order valence-electron chi connectivity index (χ0n) is 30.6. The van der Waals surface area contributed by atoms with Crippen molar-refractivity contribution < 1.29 is 13.2 Å². The molecule has 15 heteroatoms. The third-order valence-corrected chi connectivity index (χ3v) is 10.7. The van der Waals surface area contributed by atoms with Crippen molar-refractivity contribution in [3.05, 3.63) is 202 Å². The highest BCUT2D eigenvalue weighted by Crippen LogP contribution is 2.30. The highest BCUT2D eigenvalue weighted by atomic mass is 127. The van der Waals surface area contributed by atoms with Crippen molar-refractivity contribution in [1.82, 2.24) is 29.3 Å². The minimum atomic E-state index is -0.621. The molecule has 10 nitrogen and oxygen atoms in total. The van der Waals surface area contributed by atoms with Gasteiger partial charge in [-0.3, -0.25) is 19.4 Å². The van der Waals surface area contributed by atoms with Crippen molar-refractivity contribution in [1.29, 1.82) is 0 Å². The molecule has 59 heavy (non-hydrogen) atoms. The lowest BCUT2D eigenvalue weighted by molar-refractivity contribution is 0.608. The van der Waals surface area contributed by atoms with Crippen LogP contribution in [0.4, 0.5) is 18.9 Å². The van der Waals surface area contributed by atoms with E-state index in [9.17, 15) is 22.8 Å². The lowest BCUT2D eigenvalue weighted by Gasteiger charge is -2.12. The van der Waals surface area contributed by atoms with Crippen molar-refractivity contribution in [2.24, 2.45) is 10.2 Å². The number of benzene rings is 6. The molecule has 0 radical (unpaired) electrons. The average Bonchev–Trinajstić information content (AvgIpc) is 3.75. The Balaban J connectivity index is 0.000000164. The smallest absolute Gasteiger partial charge is 0.288 e. The summed E-state index contributed by atoms with van der Waals surface area (Å²) >= 11 is 4.47. The van der Waals surface area contributed by atoms with Crippen LogP contribution in [0, 0.1) is 24.6 Å². The predicted octanol–water partition coefficient (Wildman–Crippen LogP) is 10.5. The number of nitrogens with one attached hydrogen (secondary N) is 1. The minimum Gasteiger partial charge on any atom is -0.288 e. The van der Waals surface area contributed by atoms with Crippen LogP contribution in [0.3, 0.4) is 0 Å². The Labute approximate surface area is 361 Å². The summed E-state index contributed by atoms with van der Waals surface area (Å²) < 4.78 is 49.1. The topological polar surface area (TPSA) is 115 Å². The highest BCUT2D eigenvalue weighted by molar-refractivity contribution is 14.1. The highest BCUT2D eigenvalue weighted by Gasteiger charge is 2.24. The van der Waals surface area contributed by atoms with Gasteiger partial charge in [0.2, 0.25) is 0 Å². The van der Waals surface area contributed by atoms with Gasteiger partial charge in [0, 0.05) is 18.1 Å². The summed E-state index contributed by atoms with van der Waals surface area (Å²) in [7, 11) is 0. The predicted molar refractivity (Wildman–Crippen MR) is 237 cm³/mol. The number of H-pyrrole nitrogens is 1. The summed E-state index contributed by atoms with van der Waals surface area (Å²) in [5.41, 5.74) is 2.79. The van der Waals surface area contributed by atoms with Crippen molar-refractivity contribution in [3.63, 3.8) is 0 Å². The van der Waals surface area contributed by atoms with Crippen molar-refractivity contribution in [2.45, 2.75) is 13.1 Å². The second kappa shape index (κ2) is 17.3. The fraction of sp³-hybridized carbons (Fsp3) is 0.0455. The number of halogens is 5. The molecule has 0 unspecified atom stereocenters. The van der Waals surface area contributed by atoms with Crippen LogP contribution >= 0.6 is 45.2 Å². The van der Waals surface area contributed by atoms with Gasteiger partial charge in [-0.05, 0) is 123 Å². The number of nitrogens with zero attached hydrogens (tertiary/aromatic N) is 7. The van der Waals surface area contributed by atoms with Gasteiger partial charge in [-0.2, -0.15) is 20.0 Å². The lowest BCUT2D eigenvalue weighted by Crippen LogP contribution is -2.18. The van der Waals surface area contributed by atoms with Crippen LogP contribution in [-0.4, -0.2) is 29.3 Å². The molecule has 0 atom stereocenters. The molecule has 0 saturated carbocycles. The Morgan fingerprint density at radius 1 is 0.593 bits per heavy atom. The van der Waals surface area contributed by atoms with Crippen molar-refractivity contribution in [2.75, 3.05) is 0 Å². The van der Waals surface area contributed by atoms with E-state index in [1.807, 2.05) is 72.8 Å². The van der Waals surface area contributed by atoms with Gasteiger partial charge in [0.25, 0.3) is 5.56 Å². The van der Waals surface area contributed by atoms with E-state index in [2.05, 4.69) is 70.7 Å². The molecule has 1 aromatic heterocycles.